The van der Waals surface area contributed by atoms with E-state index in [4.69, 9.17) is 0 Å². The quantitative estimate of drug-likeness (QED) is 0.0742. The molecule has 7 heteroatoms. The van der Waals surface area contributed by atoms with Gasteiger partial charge in [0.1, 0.15) is 11.5 Å². The second kappa shape index (κ2) is 18.7. The Balaban J connectivity index is 1.62. The van der Waals surface area contributed by atoms with Crippen LogP contribution in [0.3, 0.4) is 0 Å². The van der Waals surface area contributed by atoms with Crippen molar-refractivity contribution in [1.82, 2.24) is 0 Å². The van der Waals surface area contributed by atoms with Crippen LogP contribution < -0.4 is 4.72 Å². The zero-order valence-electron chi connectivity index (χ0n) is 24.7. The summed E-state index contributed by atoms with van der Waals surface area (Å²) in [5.41, 5.74) is 2.21. The fourth-order valence-corrected chi connectivity index (χ4v) is 6.15. The average molecular weight is 574 g/mol. The lowest BCUT2D eigenvalue weighted by Gasteiger charge is -2.11. The van der Waals surface area contributed by atoms with Gasteiger partial charge in [0.2, 0.25) is 10.0 Å². The molecule has 6 nitrogen and oxygen atoms in total. The number of phenolic OH excluding ortho intramolecular Hbond substituents is 2. The van der Waals surface area contributed by atoms with E-state index in [2.05, 4.69) is 11.6 Å². The number of phenols is 2. The summed E-state index contributed by atoms with van der Waals surface area (Å²) < 4.78 is 27.7. The van der Waals surface area contributed by atoms with Crippen molar-refractivity contribution in [2.75, 3.05) is 10.5 Å². The molecule has 0 radical (unpaired) electrons. The molecular formula is C33H51NO5S. The second-order valence-corrected chi connectivity index (χ2v) is 12.8. The Morgan fingerprint density at radius 2 is 1.23 bits per heavy atom. The lowest BCUT2D eigenvalue weighted by atomic mass is 9.99. The van der Waals surface area contributed by atoms with E-state index in [0.717, 1.165) is 18.4 Å². The molecule has 40 heavy (non-hydrogen) atoms. The number of aromatic hydroxyl groups is 2. The van der Waals surface area contributed by atoms with Crippen LogP contribution in [-0.4, -0.2) is 30.2 Å². The van der Waals surface area contributed by atoms with Crippen molar-refractivity contribution in [2.24, 2.45) is 0 Å². The van der Waals surface area contributed by atoms with Gasteiger partial charge in [-0.05, 0) is 54.7 Å². The van der Waals surface area contributed by atoms with Crippen LogP contribution in [0.4, 0.5) is 5.69 Å². The molecule has 3 N–H and O–H groups in total. The molecule has 2 rings (SSSR count). The topological polar surface area (TPSA) is 104 Å². The molecule has 0 unspecified atom stereocenters. The number of rotatable bonds is 22. The van der Waals surface area contributed by atoms with Crippen LogP contribution in [0.2, 0.25) is 0 Å². The molecule has 0 aliphatic heterocycles. The largest absolute Gasteiger partial charge is 0.508 e. The average Bonchev–Trinajstić information content (AvgIpc) is 2.93. The van der Waals surface area contributed by atoms with Gasteiger partial charge >= 0.3 is 0 Å². The Morgan fingerprint density at radius 3 is 1.75 bits per heavy atom. The molecule has 0 aliphatic rings. The first-order valence-corrected chi connectivity index (χ1v) is 17.1. The van der Waals surface area contributed by atoms with Gasteiger partial charge in [-0.1, -0.05) is 109 Å². The third-order valence-corrected chi connectivity index (χ3v) is 8.87. The molecule has 2 aromatic carbocycles. The summed E-state index contributed by atoms with van der Waals surface area (Å²) in [7, 11) is -3.38. The van der Waals surface area contributed by atoms with Gasteiger partial charge in [0.25, 0.3) is 0 Å². The number of sulfonamides is 1. The summed E-state index contributed by atoms with van der Waals surface area (Å²) in [6, 6.07) is 9.98. The lowest BCUT2D eigenvalue weighted by molar-refractivity contribution is 0.0985. The highest BCUT2D eigenvalue weighted by Crippen LogP contribution is 2.29. The van der Waals surface area contributed by atoms with Gasteiger partial charge in [0.15, 0.2) is 5.78 Å². The van der Waals surface area contributed by atoms with E-state index >= 15 is 0 Å². The number of anilines is 1. The van der Waals surface area contributed by atoms with Crippen LogP contribution in [0.15, 0.2) is 36.4 Å². The maximum absolute atomic E-state index is 12.5. The van der Waals surface area contributed by atoms with Crippen LogP contribution in [0.5, 0.6) is 11.5 Å². The number of aryl methyl sites for hydroxylation is 2. The standard InChI is InChI=1S/C33H51NO5S/c1-3-5-6-7-8-9-10-11-12-13-14-15-16-17-24-40(38,39)34-29-22-19-27(20-23-29)18-21-28-25-33(37)30(26-32(28)36)31(35)4-2/h19-20,22-23,25-26,34,36-37H,3-18,21,24H2,1-2H3. The van der Waals surface area contributed by atoms with Gasteiger partial charge in [-0.25, -0.2) is 8.42 Å². The van der Waals surface area contributed by atoms with Crippen molar-refractivity contribution in [1.29, 1.82) is 0 Å². The molecule has 0 heterocycles. The molecule has 0 fully saturated rings. The van der Waals surface area contributed by atoms with E-state index in [-0.39, 0.29) is 35.0 Å². The number of carbonyl (C=O) groups excluding carboxylic acids is 1. The van der Waals surface area contributed by atoms with Crippen molar-refractivity contribution >= 4 is 21.5 Å². The van der Waals surface area contributed by atoms with Crippen LogP contribution in [0, 0.1) is 0 Å². The van der Waals surface area contributed by atoms with Crippen molar-refractivity contribution in [2.45, 2.75) is 123 Å². The van der Waals surface area contributed by atoms with E-state index in [0.29, 0.717) is 30.5 Å². The highest BCUT2D eigenvalue weighted by atomic mass is 32.2. The Hall–Kier alpha value is -2.54. The molecule has 0 saturated carbocycles. The Kier molecular flexibility index (Phi) is 15.8. The maximum atomic E-state index is 12.5. The summed E-state index contributed by atoms with van der Waals surface area (Å²) in [6.45, 7) is 3.96. The van der Waals surface area contributed by atoms with E-state index in [1.54, 1.807) is 19.1 Å². The summed E-state index contributed by atoms with van der Waals surface area (Å²) in [4.78, 5) is 11.9. The van der Waals surface area contributed by atoms with E-state index in [1.807, 2.05) is 12.1 Å². The number of Topliss-reactive ketones (excluding diaryl/α,β-unsaturated/α-hetero) is 1. The lowest BCUT2D eigenvalue weighted by Crippen LogP contribution is -2.16. The first-order chi connectivity index (χ1) is 19.3. The van der Waals surface area contributed by atoms with Crippen LogP contribution in [-0.2, 0) is 22.9 Å². The molecule has 0 spiro atoms. The van der Waals surface area contributed by atoms with Crippen molar-refractivity contribution < 1.29 is 23.4 Å². The second-order valence-electron chi connectivity index (χ2n) is 11.0. The summed E-state index contributed by atoms with van der Waals surface area (Å²) in [6.07, 6.45) is 18.6. The van der Waals surface area contributed by atoms with Crippen LogP contribution >= 0.6 is 0 Å². The van der Waals surface area contributed by atoms with Gasteiger partial charge < -0.3 is 10.2 Å². The minimum absolute atomic E-state index is 0.0116. The highest BCUT2D eigenvalue weighted by molar-refractivity contribution is 7.92. The number of benzene rings is 2. The molecule has 0 atom stereocenters. The first-order valence-electron chi connectivity index (χ1n) is 15.4. The number of nitrogens with one attached hydrogen (secondary N) is 1. The van der Waals surface area contributed by atoms with E-state index < -0.39 is 10.0 Å². The molecule has 0 bridgehead atoms. The number of carbonyl (C=O) groups is 1. The fraction of sp³-hybridized carbons (Fsp3) is 0.606. The van der Waals surface area contributed by atoms with Gasteiger partial charge in [-0.3, -0.25) is 9.52 Å². The third kappa shape index (κ3) is 13.2. The minimum Gasteiger partial charge on any atom is -0.508 e. The summed E-state index contributed by atoms with van der Waals surface area (Å²) >= 11 is 0. The zero-order valence-corrected chi connectivity index (χ0v) is 25.5. The molecule has 0 amide bonds. The van der Waals surface area contributed by atoms with E-state index in [1.165, 1.54) is 82.8 Å². The van der Waals surface area contributed by atoms with Gasteiger partial charge in [0, 0.05) is 12.1 Å². The molecule has 0 saturated heterocycles. The fourth-order valence-electron chi connectivity index (χ4n) is 4.97. The van der Waals surface area contributed by atoms with Crippen LogP contribution in [0.1, 0.15) is 132 Å². The highest BCUT2D eigenvalue weighted by Gasteiger charge is 2.14. The van der Waals surface area contributed by atoms with Gasteiger partial charge in [-0.2, -0.15) is 0 Å². The Morgan fingerprint density at radius 1 is 0.700 bits per heavy atom. The molecular weight excluding hydrogens is 522 g/mol. The monoisotopic (exact) mass is 573 g/mol. The molecule has 224 valence electrons. The molecule has 2 aromatic rings. The third-order valence-electron chi connectivity index (χ3n) is 7.50. The number of hydrogen-bond donors (Lipinski definition) is 3. The molecule has 0 aliphatic carbocycles. The SMILES string of the molecule is CCCCCCCCCCCCCCCCS(=O)(=O)Nc1ccc(CCc2cc(O)c(C(=O)CC)cc2O)cc1. The predicted octanol–water partition coefficient (Wildman–Crippen LogP) is 8.70. The number of ketones is 1. The maximum Gasteiger partial charge on any atom is 0.232 e. The summed E-state index contributed by atoms with van der Waals surface area (Å²) in [5, 5.41) is 20.4. The molecule has 0 aromatic heterocycles. The van der Waals surface area contributed by atoms with Gasteiger partial charge in [0.05, 0.1) is 11.3 Å². The zero-order chi connectivity index (χ0) is 29.2. The summed E-state index contributed by atoms with van der Waals surface area (Å²) in [5.74, 6) is -0.223. The van der Waals surface area contributed by atoms with E-state index in [9.17, 15) is 23.4 Å². The smallest absolute Gasteiger partial charge is 0.232 e. The normalized spacial score (nSPS) is 11.6. The number of hydrogen-bond acceptors (Lipinski definition) is 5. The van der Waals surface area contributed by atoms with Crippen molar-refractivity contribution in [3.8, 4) is 11.5 Å². The van der Waals surface area contributed by atoms with Crippen molar-refractivity contribution in [3.63, 3.8) is 0 Å². The predicted molar refractivity (Wildman–Crippen MR) is 166 cm³/mol. The minimum atomic E-state index is -3.38. The van der Waals surface area contributed by atoms with Gasteiger partial charge in [-0.15, -0.1) is 0 Å². The first kappa shape index (κ1) is 33.7. The van der Waals surface area contributed by atoms with Crippen LogP contribution in [0.25, 0.3) is 0 Å². The Labute approximate surface area is 242 Å². The number of unbranched alkanes of at least 4 members (excludes halogenated alkanes) is 13. The van der Waals surface area contributed by atoms with Crippen molar-refractivity contribution in [3.05, 3.63) is 53.1 Å². The Bertz CT molecular complexity index is 1110.